The summed E-state index contributed by atoms with van der Waals surface area (Å²) < 4.78 is 5.70. The molecule has 1 aliphatic heterocycles. The first-order valence-electron chi connectivity index (χ1n) is 7.33. The van der Waals surface area contributed by atoms with Gasteiger partial charge in [0.05, 0.1) is 12.7 Å². The SMILES string of the molecule is CCCCCCCCN(C)CC1CNCCO1. The fourth-order valence-electron chi connectivity index (χ4n) is 2.34. The van der Waals surface area contributed by atoms with Gasteiger partial charge >= 0.3 is 0 Å². The molecule has 1 N–H and O–H groups in total. The minimum absolute atomic E-state index is 0.397. The number of ether oxygens (including phenoxy) is 1. The molecule has 1 rings (SSSR count). The topological polar surface area (TPSA) is 24.5 Å². The standard InChI is InChI=1S/C14H30N2O/c1-3-4-5-6-7-8-10-16(2)13-14-12-15-9-11-17-14/h14-15H,3-13H2,1-2H3. The lowest BCUT2D eigenvalue weighted by molar-refractivity contribution is 0.00987. The summed E-state index contributed by atoms with van der Waals surface area (Å²) in [6.45, 7) is 7.45. The highest BCUT2D eigenvalue weighted by molar-refractivity contribution is 4.70. The number of unbranched alkanes of at least 4 members (excludes halogenated alkanes) is 5. The molecule has 0 amide bonds. The molecule has 102 valence electrons. The van der Waals surface area contributed by atoms with Crippen LogP contribution in [0.3, 0.4) is 0 Å². The molecule has 1 unspecified atom stereocenters. The second kappa shape index (κ2) is 9.86. The van der Waals surface area contributed by atoms with Gasteiger partial charge in [-0.25, -0.2) is 0 Å². The van der Waals surface area contributed by atoms with Crippen LogP contribution in [0.4, 0.5) is 0 Å². The van der Waals surface area contributed by atoms with Gasteiger partial charge in [-0.2, -0.15) is 0 Å². The van der Waals surface area contributed by atoms with E-state index in [1.165, 1.54) is 45.1 Å². The van der Waals surface area contributed by atoms with Crippen LogP contribution in [0, 0.1) is 0 Å². The molecule has 1 fully saturated rings. The van der Waals surface area contributed by atoms with Crippen molar-refractivity contribution in [3.05, 3.63) is 0 Å². The fourth-order valence-corrected chi connectivity index (χ4v) is 2.34. The van der Waals surface area contributed by atoms with E-state index in [2.05, 4.69) is 24.2 Å². The van der Waals surface area contributed by atoms with Gasteiger partial charge in [0.15, 0.2) is 0 Å². The molecule has 3 nitrogen and oxygen atoms in total. The van der Waals surface area contributed by atoms with Crippen LogP contribution in [-0.2, 0) is 4.74 Å². The van der Waals surface area contributed by atoms with Gasteiger partial charge in [0.2, 0.25) is 0 Å². The fraction of sp³-hybridized carbons (Fsp3) is 1.00. The Bertz CT molecular complexity index is 170. The van der Waals surface area contributed by atoms with E-state index in [1.807, 2.05) is 0 Å². The average molecular weight is 242 g/mol. The van der Waals surface area contributed by atoms with Crippen molar-refractivity contribution in [1.82, 2.24) is 10.2 Å². The van der Waals surface area contributed by atoms with E-state index in [0.717, 1.165) is 26.2 Å². The largest absolute Gasteiger partial charge is 0.374 e. The monoisotopic (exact) mass is 242 g/mol. The highest BCUT2D eigenvalue weighted by atomic mass is 16.5. The van der Waals surface area contributed by atoms with Crippen LogP contribution in [-0.4, -0.2) is 50.8 Å². The van der Waals surface area contributed by atoms with Crippen LogP contribution >= 0.6 is 0 Å². The first-order valence-corrected chi connectivity index (χ1v) is 7.33. The molecule has 1 heterocycles. The number of hydrogen-bond donors (Lipinski definition) is 1. The average Bonchev–Trinajstić information content (AvgIpc) is 2.35. The summed E-state index contributed by atoms with van der Waals surface area (Å²) in [6, 6.07) is 0. The van der Waals surface area contributed by atoms with Crippen molar-refractivity contribution in [3.8, 4) is 0 Å². The maximum absolute atomic E-state index is 5.70. The zero-order valence-electron chi connectivity index (χ0n) is 11.7. The molecule has 0 bridgehead atoms. The van der Waals surface area contributed by atoms with Crippen molar-refractivity contribution in [2.45, 2.75) is 51.6 Å². The Balaban J connectivity index is 1.91. The molecule has 17 heavy (non-hydrogen) atoms. The smallest absolute Gasteiger partial charge is 0.0826 e. The van der Waals surface area contributed by atoms with Gasteiger partial charge in [-0.1, -0.05) is 39.0 Å². The zero-order valence-corrected chi connectivity index (χ0v) is 11.7. The van der Waals surface area contributed by atoms with Gasteiger partial charge in [-0.3, -0.25) is 0 Å². The number of nitrogens with one attached hydrogen (secondary N) is 1. The predicted molar refractivity (Wildman–Crippen MR) is 73.5 cm³/mol. The Morgan fingerprint density at radius 1 is 1.18 bits per heavy atom. The first kappa shape index (κ1) is 14.9. The lowest BCUT2D eigenvalue weighted by Gasteiger charge is -2.28. The summed E-state index contributed by atoms with van der Waals surface area (Å²) in [6.07, 6.45) is 8.67. The van der Waals surface area contributed by atoms with Crippen molar-refractivity contribution in [2.75, 3.05) is 39.8 Å². The van der Waals surface area contributed by atoms with E-state index < -0.39 is 0 Å². The molecule has 3 heteroatoms. The van der Waals surface area contributed by atoms with E-state index >= 15 is 0 Å². The van der Waals surface area contributed by atoms with Crippen molar-refractivity contribution in [1.29, 1.82) is 0 Å². The molecule has 0 saturated carbocycles. The second-order valence-corrected chi connectivity index (χ2v) is 5.23. The third kappa shape index (κ3) is 7.74. The molecule has 0 spiro atoms. The van der Waals surface area contributed by atoms with E-state index in [1.54, 1.807) is 0 Å². The maximum atomic E-state index is 5.70. The summed E-state index contributed by atoms with van der Waals surface area (Å²) in [7, 11) is 2.21. The van der Waals surface area contributed by atoms with Crippen LogP contribution in [0.15, 0.2) is 0 Å². The third-order valence-corrected chi connectivity index (χ3v) is 3.41. The Morgan fingerprint density at radius 2 is 1.94 bits per heavy atom. The Kier molecular flexibility index (Phi) is 8.67. The lowest BCUT2D eigenvalue weighted by Crippen LogP contribution is -2.44. The number of morpholine rings is 1. The summed E-state index contributed by atoms with van der Waals surface area (Å²) in [5.41, 5.74) is 0. The highest BCUT2D eigenvalue weighted by Gasteiger charge is 2.14. The second-order valence-electron chi connectivity index (χ2n) is 5.23. The van der Waals surface area contributed by atoms with Crippen molar-refractivity contribution in [2.24, 2.45) is 0 Å². The molecule has 0 radical (unpaired) electrons. The molecule has 1 saturated heterocycles. The number of hydrogen-bond acceptors (Lipinski definition) is 3. The lowest BCUT2D eigenvalue weighted by atomic mass is 10.1. The minimum atomic E-state index is 0.397. The molecule has 0 aromatic carbocycles. The van der Waals surface area contributed by atoms with Gasteiger partial charge < -0.3 is 15.0 Å². The molecule has 1 atom stereocenters. The van der Waals surface area contributed by atoms with E-state index in [-0.39, 0.29) is 0 Å². The Morgan fingerprint density at radius 3 is 2.65 bits per heavy atom. The Hall–Kier alpha value is -0.120. The van der Waals surface area contributed by atoms with Gasteiger partial charge in [0.25, 0.3) is 0 Å². The van der Waals surface area contributed by atoms with E-state index in [9.17, 15) is 0 Å². The minimum Gasteiger partial charge on any atom is -0.374 e. The van der Waals surface area contributed by atoms with E-state index in [4.69, 9.17) is 4.74 Å². The molecular formula is C14H30N2O. The normalized spacial score (nSPS) is 21.0. The van der Waals surface area contributed by atoms with Crippen LogP contribution in [0.5, 0.6) is 0 Å². The number of likely N-dealkylation sites (N-methyl/N-ethyl adjacent to an activating group) is 1. The molecule has 1 aliphatic rings. The molecule has 0 aromatic heterocycles. The van der Waals surface area contributed by atoms with E-state index in [0.29, 0.717) is 6.10 Å². The highest BCUT2D eigenvalue weighted by Crippen LogP contribution is 2.06. The van der Waals surface area contributed by atoms with Crippen molar-refractivity contribution < 1.29 is 4.74 Å². The number of nitrogens with zero attached hydrogens (tertiary/aromatic N) is 1. The van der Waals surface area contributed by atoms with Gasteiger partial charge in [0.1, 0.15) is 0 Å². The zero-order chi connectivity index (χ0) is 12.3. The Labute approximate surface area is 107 Å². The van der Waals surface area contributed by atoms with Gasteiger partial charge in [-0.05, 0) is 20.0 Å². The van der Waals surface area contributed by atoms with Crippen LogP contribution in [0.2, 0.25) is 0 Å². The van der Waals surface area contributed by atoms with Crippen molar-refractivity contribution in [3.63, 3.8) is 0 Å². The van der Waals surface area contributed by atoms with Crippen LogP contribution in [0.1, 0.15) is 45.4 Å². The van der Waals surface area contributed by atoms with Crippen molar-refractivity contribution >= 4 is 0 Å². The summed E-state index contributed by atoms with van der Waals surface area (Å²) in [5.74, 6) is 0. The first-order chi connectivity index (χ1) is 8.33. The molecule has 0 aliphatic carbocycles. The summed E-state index contributed by atoms with van der Waals surface area (Å²) in [4.78, 5) is 2.41. The summed E-state index contributed by atoms with van der Waals surface area (Å²) in [5, 5.41) is 3.38. The third-order valence-electron chi connectivity index (χ3n) is 3.41. The van der Waals surface area contributed by atoms with Gasteiger partial charge in [-0.15, -0.1) is 0 Å². The molecule has 0 aromatic rings. The maximum Gasteiger partial charge on any atom is 0.0826 e. The summed E-state index contributed by atoms with van der Waals surface area (Å²) >= 11 is 0. The van der Waals surface area contributed by atoms with Crippen LogP contribution in [0.25, 0.3) is 0 Å². The quantitative estimate of drug-likeness (QED) is 0.628. The van der Waals surface area contributed by atoms with Crippen LogP contribution < -0.4 is 5.32 Å². The van der Waals surface area contributed by atoms with Gasteiger partial charge in [0, 0.05) is 19.6 Å². The predicted octanol–water partition coefficient (Wildman–Crippen LogP) is 2.27. The number of rotatable bonds is 9. The molecular weight excluding hydrogens is 212 g/mol.